The van der Waals surface area contributed by atoms with E-state index in [1.54, 1.807) is 6.92 Å². The van der Waals surface area contributed by atoms with E-state index in [4.69, 9.17) is 0 Å². The Morgan fingerprint density at radius 2 is 2.00 bits per heavy atom. The van der Waals surface area contributed by atoms with Gasteiger partial charge in [0.15, 0.2) is 0 Å². The minimum Gasteiger partial charge on any atom is -0.449 e. The maximum Gasteiger partial charge on any atom is 0.421 e. The molecule has 2 rings (SSSR count). The van der Waals surface area contributed by atoms with E-state index in [2.05, 4.69) is 15.0 Å². The predicted molar refractivity (Wildman–Crippen MR) is 68.9 cm³/mol. The van der Waals surface area contributed by atoms with Crippen LogP contribution in [0.3, 0.4) is 0 Å². The van der Waals surface area contributed by atoms with Crippen molar-refractivity contribution in [1.29, 1.82) is 0 Å². The summed E-state index contributed by atoms with van der Waals surface area (Å²) in [5.41, 5.74) is 0. The number of rotatable bonds is 4. The number of carbonyl (C=O) groups is 1. The molecule has 1 amide bonds. The SMILES string of the molecule is CCOC(=O)NS(=O)(=O)N1CC(N2CCNCC2)C1. The first-order valence-electron chi connectivity index (χ1n) is 6.42. The molecule has 2 aliphatic heterocycles. The van der Waals surface area contributed by atoms with Crippen LogP contribution in [0.4, 0.5) is 4.79 Å². The van der Waals surface area contributed by atoms with Gasteiger partial charge in [-0.1, -0.05) is 0 Å². The molecule has 0 aromatic rings. The fourth-order valence-electron chi connectivity index (χ4n) is 2.22. The number of amides is 1. The van der Waals surface area contributed by atoms with Crippen LogP contribution in [0.25, 0.3) is 0 Å². The van der Waals surface area contributed by atoms with Crippen LogP contribution in [0.2, 0.25) is 0 Å². The number of carbonyl (C=O) groups excluding carboxylic acids is 1. The molecule has 0 saturated carbocycles. The molecular formula is C10H20N4O4S. The lowest BCUT2D eigenvalue weighted by Gasteiger charge is -2.45. The van der Waals surface area contributed by atoms with Gasteiger partial charge < -0.3 is 10.1 Å². The number of piperazine rings is 1. The Kier molecular flexibility index (Phi) is 4.61. The zero-order valence-corrected chi connectivity index (χ0v) is 11.8. The highest BCUT2D eigenvalue weighted by Crippen LogP contribution is 2.18. The van der Waals surface area contributed by atoms with E-state index in [9.17, 15) is 13.2 Å². The maximum absolute atomic E-state index is 11.8. The second-order valence-electron chi connectivity index (χ2n) is 4.58. The van der Waals surface area contributed by atoms with Crippen molar-refractivity contribution in [1.82, 2.24) is 19.2 Å². The van der Waals surface area contributed by atoms with Gasteiger partial charge in [0, 0.05) is 45.3 Å². The van der Waals surface area contributed by atoms with E-state index < -0.39 is 16.3 Å². The standard InChI is InChI=1S/C10H20N4O4S/c1-2-18-10(15)12-19(16,17)14-7-9(8-14)13-5-3-11-4-6-13/h9,11H,2-8H2,1H3,(H,12,15). The first kappa shape index (κ1) is 14.5. The molecule has 110 valence electrons. The molecule has 19 heavy (non-hydrogen) atoms. The van der Waals surface area contributed by atoms with Gasteiger partial charge in [0.05, 0.1) is 6.61 Å². The van der Waals surface area contributed by atoms with E-state index in [1.165, 1.54) is 4.31 Å². The summed E-state index contributed by atoms with van der Waals surface area (Å²) in [6.07, 6.45) is -0.923. The van der Waals surface area contributed by atoms with Crippen LogP contribution in [0.5, 0.6) is 0 Å². The summed E-state index contributed by atoms with van der Waals surface area (Å²) in [4.78, 5) is 13.4. The third-order valence-corrected chi connectivity index (χ3v) is 4.73. The summed E-state index contributed by atoms with van der Waals surface area (Å²) in [5, 5.41) is 3.25. The van der Waals surface area contributed by atoms with Gasteiger partial charge in [0.1, 0.15) is 0 Å². The smallest absolute Gasteiger partial charge is 0.421 e. The molecular weight excluding hydrogens is 272 g/mol. The lowest BCUT2D eigenvalue weighted by Crippen LogP contribution is -2.65. The monoisotopic (exact) mass is 292 g/mol. The van der Waals surface area contributed by atoms with Crippen molar-refractivity contribution < 1.29 is 17.9 Å². The number of hydrogen-bond donors (Lipinski definition) is 2. The van der Waals surface area contributed by atoms with Gasteiger partial charge in [0.25, 0.3) is 0 Å². The highest BCUT2D eigenvalue weighted by molar-refractivity contribution is 7.87. The van der Waals surface area contributed by atoms with Crippen molar-refractivity contribution >= 4 is 16.3 Å². The second-order valence-corrected chi connectivity index (χ2v) is 6.25. The molecule has 2 fully saturated rings. The molecule has 8 nitrogen and oxygen atoms in total. The largest absolute Gasteiger partial charge is 0.449 e. The summed E-state index contributed by atoms with van der Waals surface area (Å²) in [6, 6.07) is 0.251. The molecule has 0 unspecified atom stereocenters. The van der Waals surface area contributed by atoms with Crippen LogP contribution < -0.4 is 10.0 Å². The zero-order chi connectivity index (χ0) is 13.9. The Morgan fingerprint density at radius 1 is 1.37 bits per heavy atom. The molecule has 0 atom stereocenters. The van der Waals surface area contributed by atoms with Gasteiger partial charge in [-0.15, -0.1) is 0 Å². The average molecular weight is 292 g/mol. The zero-order valence-electron chi connectivity index (χ0n) is 11.0. The van der Waals surface area contributed by atoms with Gasteiger partial charge >= 0.3 is 16.3 Å². The summed E-state index contributed by atoms with van der Waals surface area (Å²) in [6.45, 7) is 6.35. The lowest BCUT2D eigenvalue weighted by molar-refractivity contribution is 0.0762. The van der Waals surface area contributed by atoms with Crippen molar-refractivity contribution in [3.63, 3.8) is 0 Å². The Labute approximate surface area is 113 Å². The molecule has 0 spiro atoms. The van der Waals surface area contributed by atoms with Crippen molar-refractivity contribution in [2.45, 2.75) is 13.0 Å². The molecule has 0 radical (unpaired) electrons. The average Bonchev–Trinajstić information content (AvgIpc) is 2.27. The summed E-state index contributed by atoms with van der Waals surface area (Å²) in [7, 11) is -3.75. The summed E-state index contributed by atoms with van der Waals surface area (Å²) < 4.78 is 31.3. The minimum atomic E-state index is -3.75. The fraction of sp³-hybridized carbons (Fsp3) is 0.900. The molecule has 0 bridgehead atoms. The normalized spacial score (nSPS) is 22.8. The first-order valence-corrected chi connectivity index (χ1v) is 7.86. The van der Waals surface area contributed by atoms with Gasteiger partial charge in [-0.25, -0.2) is 9.52 Å². The number of hydrogen-bond acceptors (Lipinski definition) is 6. The van der Waals surface area contributed by atoms with Crippen LogP contribution in [-0.2, 0) is 14.9 Å². The molecule has 9 heteroatoms. The minimum absolute atomic E-state index is 0.144. The first-order chi connectivity index (χ1) is 9.03. The molecule has 2 heterocycles. The Balaban J connectivity index is 1.80. The third kappa shape index (κ3) is 3.56. The second kappa shape index (κ2) is 6.04. The van der Waals surface area contributed by atoms with Gasteiger partial charge in [0.2, 0.25) is 0 Å². The highest BCUT2D eigenvalue weighted by atomic mass is 32.2. The fourth-order valence-corrected chi connectivity index (χ4v) is 3.36. The highest BCUT2D eigenvalue weighted by Gasteiger charge is 2.39. The van der Waals surface area contributed by atoms with Gasteiger partial charge in [-0.05, 0) is 6.92 Å². The van der Waals surface area contributed by atoms with E-state index in [0.29, 0.717) is 13.1 Å². The maximum atomic E-state index is 11.8. The Bertz CT molecular complexity index is 415. The van der Waals surface area contributed by atoms with Crippen LogP contribution in [0, 0.1) is 0 Å². The number of nitrogens with one attached hydrogen (secondary N) is 2. The van der Waals surface area contributed by atoms with Crippen LogP contribution >= 0.6 is 0 Å². The molecule has 0 aromatic carbocycles. The van der Waals surface area contributed by atoms with E-state index in [0.717, 1.165) is 26.2 Å². The van der Waals surface area contributed by atoms with Crippen molar-refractivity contribution in [2.75, 3.05) is 45.9 Å². The molecule has 0 aliphatic carbocycles. The number of ether oxygens (including phenoxy) is 1. The molecule has 2 N–H and O–H groups in total. The van der Waals surface area contributed by atoms with Crippen molar-refractivity contribution in [2.24, 2.45) is 0 Å². The Morgan fingerprint density at radius 3 is 2.58 bits per heavy atom. The van der Waals surface area contributed by atoms with Crippen LogP contribution in [0.15, 0.2) is 0 Å². The van der Waals surface area contributed by atoms with Crippen LogP contribution in [0.1, 0.15) is 6.92 Å². The van der Waals surface area contributed by atoms with Gasteiger partial charge in [-0.3, -0.25) is 4.90 Å². The van der Waals surface area contributed by atoms with E-state index in [1.807, 2.05) is 4.72 Å². The topological polar surface area (TPSA) is 91.0 Å². The summed E-state index contributed by atoms with van der Waals surface area (Å²) in [5.74, 6) is 0. The Hall–Kier alpha value is -0.900. The molecule has 2 aliphatic rings. The van der Waals surface area contributed by atoms with Crippen molar-refractivity contribution in [3.8, 4) is 0 Å². The van der Waals surface area contributed by atoms with Gasteiger partial charge in [-0.2, -0.15) is 12.7 Å². The number of nitrogens with zero attached hydrogens (tertiary/aromatic N) is 2. The molecule has 2 saturated heterocycles. The van der Waals surface area contributed by atoms with E-state index >= 15 is 0 Å². The van der Waals surface area contributed by atoms with E-state index in [-0.39, 0.29) is 12.6 Å². The summed E-state index contributed by atoms with van der Waals surface area (Å²) >= 11 is 0. The lowest BCUT2D eigenvalue weighted by atomic mass is 10.1. The van der Waals surface area contributed by atoms with Crippen LogP contribution in [-0.4, -0.2) is 75.6 Å². The molecule has 0 aromatic heterocycles. The third-order valence-electron chi connectivity index (χ3n) is 3.32. The predicted octanol–water partition coefficient (Wildman–Crippen LogP) is -1.43. The van der Waals surface area contributed by atoms with Crippen molar-refractivity contribution in [3.05, 3.63) is 0 Å². The quantitative estimate of drug-likeness (QED) is 0.660.